The quantitative estimate of drug-likeness (QED) is 0.214. The molecule has 0 aromatic heterocycles. The summed E-state index contributed by atoms with van der Waals surface area (Å²) in [6.07, 6.45) is 0.422. The smallest absolute Gasteiger partial charge is 0.253 e. The minimum Gasteiger partial charge on any atom is -0.508 e. The lowest BCUT2D eigenvalue weighted by molar-refractivity contribution is 0.0755. The predicted octanol–water partition coefficient (Wildman–Crippen LogP) is 5.04. The molecule has 226 valence electrons. The average Bonchev–Trinajstić information content (AvgIpc) is 2.93. The number of amides is 2. The number of benzene rings is 3. The average molecular weight is 582 g/mol. The summed E-state index contributed by atoms with van der Waals surface area (Å²) in [4.78, 5) is 28.4. The summed E-state index contributed by atoms with van der Waals surface area (Å²) in [5, 5.41) is 27.1. The summed E-state index contributed by atoms with van der Waals surface area (Å²) in [5.74, 6) is -2.09. The van der Waals surface area contributed by atoms with E-state index in [9.17, 15) is 28.6 Å². The van der Waals surface area contributed by atoms with Gasteiger partial charge in [-0.3, -0.25) is 9.59 Å². The van der Waals surface area contributed by atoms with Gasteiger partial charge in [-0.1, -0.05) is 31.5 Å². The Morgan fingerprint density at radius 3 is 2.17 bits per heavy atom. The maximum atomic E-state index is 13.9. The van der Waals surface area contributed by atoms with Gasteiger partial charge >= 0.3 is 0 Å². The van der Waals surface area contributed by atoms with Crippen molar-refractivity contribution in [2.75, 3.05) is 19.6 Å². The molecule has 42 heavy (non-hydrogen) atoms. The number of aliphatic hydroxyl groups excluding tert-OH is 1. The number of carbonyl (C=O) groups excluding carboxylic acids is 2. The first kappa shape index (κ1) is 32.7. The van der Waals surface area contributed by atoms with E-state index in [1.807, 2.05) is 26.8 Å². The van der Waals surface area contributed by atoms with E-state index >= 15 is 0 Å². The maximum absolute atomic E-state index is 13.9. The van der Waals surface area contributed by atoms with Gasteiger partial charge in [0.15, 0.2) is 0 Å². The minimum atomic E-state index is -1.15. The number of hydrogen-bond donors (Lipinski definition) is 4. The first-order chi connectivity index (χ1) is 20.0. The van der Waals surface area contributed by atoms with Crippen molar-refractivity contribution in [2.45, 2.75) is 65.6 Å². The molecule has 1 unspecified atom stereocenters. The molecule has 7 nitrogen and oxygen atoms in total. The van der Waals surface area contributed by atoms with Crippen LogP contribution in [0.25, 0.3) is 0 Å². The Morgan fingerprint density at radius 1 is 0.881 bits per heavy atom. The lowest BCUT2D eigenvalue weighted by atomic mass is 9.99. The van der Waals surface area contributed by atoms with Crippen LogP contribution in [-0.2, 0) is 13.0 Å². The van der Waals surface area contributed by atoms with Crippen LogP contribution < -0.4 is 10.6 Å². The van der Waals surface area contributed by atoms with Gasteiger partial charge in [0.1, 0.15) is 17.4 Å². The molecule has 0 aliphatic carbocycles. The fraction of sp³-hybridized carbons (Fsp3) is 0.394. The molecule has 0 aliphatic rings. The third-order valence-corrected chi connectivity index (χ3v) is 6.92. The highest BCUT2D eigenvalue weighted by atomic mass is 19.1. The van der Waals surface area contributed by atoms with Crippen molar-refractivity contribution in [3.8, 4) is 5.75 Å². The first-order valence-electron chi connectivity index (χ1n) is 14.3. The second kappa shape index (κ2) is 15.4. The number of phenols is 1. The van der Waals surface area contributed by atoms with Crippen LogP contribution in [0.4, 0.5) is 8.78 Å². The molecule has 2 atom stereocenters. The number of halogens is 2. The van der Waals surface area contributed by atoms with Crippen LogP contribution in [0.2, 0.25) is 0 Å². The Labute approximate surface area is 246 Å². The standard InChI is InChI=1S/C33H41F2N3O4/c1-5-9-38(10-6-2)33(42)25-13-22(4)12-24(17-25)32(41)37-29(16-23-14-27(34)18-28(35)15-23)31(40)20-36-19-26-11-21(3)7-8-30(26)39/h7-8,11-15,17-18,29,31,36,39-40H,5-6,9-10,16,19-20H2,1-4H3,(H,37,41)/t29?,31-/m1/s1. The SMILES string of the molecule is CCCN(CCC)C(=O)c1cc(C)cc(C(=O)NC(Cc2cc(F)cc(F)c2)[C@H](O)CNCc2cc(C)ccc2O)c1. The Morgan fingerprint density at radius 2 is 1.52 bits per heavy atom. The summed E-state index contributed by atoms with van der Waals surface area (Å²) in [5.41, 5.74) is 3.24. The van der Waals surface area contributed by atoms with Gasteiger partial charge in [-0.25, -0.2) is 8.78 Å². The van der Waals surface area contributed by atoms with E-state index < -0.39 is 29.7 Å². The lowest BCUT2D eigenvalue weighted by Crippen LogP contribution is -2.48. The number of hydrogen-bond acceptors (Lipinski definition) is 5. The number of carbonyl (C=O) groups is 2. The zero-order valence-electron chi connectivity index (χ0n) is 24.7. The minimum absolute atomic E-state index is 0.0245. The first-order valence-corrected chi connectivity index (χ1v) is 14.3. The van der Waals surface area contributed by atoms with Crippen LogP contribution >= 0.6 is 0 Å². The van der Waals surface area contributed by atoms with Crippen molar-refractivity contribution in [1.82, 2.24) is 15.5 Å². The maximum Gasteiger partial charge on any atom is 0.253 e. The second-order valence-corrected chi connectivity index (χ2v) is 10.8. The van der Waals surface area contributed by atoms with Crippen molar-refractivity contribution >= 4 is 11.8 Å². The zero-order valence-corrected chi connectivity index (χ0v) is 24.7. The third-order valence-electron chi connectivity index (χ3n) is 6.92. The van der Waals surface area contributed by atoms with Crippen LogP contribution in [0.5, 0.6) is 5.75 Å². The van der Waals surface area contributed by atoms with Crippen molar-refractivity contribution in [1.29, 1.82) is 0 Å². The van der Waals surface area contributed by atoms with Gasteiger partial charge in [0.25, 0.3) is 11.8 Å². The van der Waals surface area contributed by atoms with Crippen LogP contribution in [0.15, 0.2) is 54.6 Å². The third kappa shape index (κ3) is 9.36. The number of nitrogens with one attached hydrogen (secondary N) is 2. The van der Waals surface area contributed by atoms with E-state index in [-0.39, 0.29) is 42.3 Å². The molecule has 0 heterocycles. The van der Waals surface area contributed by atoms with E-state index in [4.69, 9.17) is 0 Å². The Bertz CT molecular complexity index is 1360. The molecular formula is C33H41F2N3O4. The van der Waals surface area contributed by atoms with E-state index in [1.165, 1.54) is 6.07 Å². The van der Waals surface area contributed by atoms with E-state index in [1.54, 1.807) is 36.1 Å². The molecule has 0 radical (unpaired) electrons. The van der Waals surface area contributed by atoms with Crippen molar-refractivity contribution in [3.05, 3.63) is 99.6 Å². The van der Waals surface area contributed by atoms with E-state index in [0.29, 0.717) is 24.2 Å². The van der Waals surface area contributed by atoms with Gasteiger partial charge in [-0.05, 0) is 80.6 Å². The van der Waals surface area contributed by atoms with Gasteiger partial charge in [0.05, 0.1) is 12.1 Å². The topological polar surface area (TPSA) is 102 Å². The van der Waals surface area contributed by atoms with E-state index in [2.05, 4.69) is 10.6 Å². The summed E-state index contributed by atoms with van der Waals surface area (Å²) < 4.78 is 27.9. The highest BCUT2D eigenvalue weighted by Crippen LogP contribution is 2.19. The molecule has 3 aromatic rings. The molecular weight excluding hydrogens is 540 g/mol. The van der Waals surface area contributed by atoms with Crippen LogP contribution in [-0.4, -0.2) is 58.7 Å². The van der Waals surface area contributed by atoms with Gasteiger partial charge in [0, 0.05) is 48.9 Å². The molecule has 0 spiro atoms. The zero-order chi connectivity index (χ0) is 30.8. The predicted molar refractivity (Wildman–Crippen MR) is 160 cm³/mol. The number of phenolic OH excluding ortho intramolecular Hbond substituents is 1. The number of aryl methyl sites for hydroxylation is 2. The molecule has 3 aromatic carbocycles. The van der Waals surface area contributed by atoms with Crippen LogP contribution in [0.3, 0.4) is 0 Å². The van der Waals surface area contributed by atoms with Gasteiger partial charge in [0.2, 0.25) is 0 Å². The highest BCUT2D eigenvalue weighted by Gasteiger charge is 2.24. The van der Waals surface area contributed by atoms with Crippen LogP contribution in [0.1, 0.15) is 69.7 Å². The molecule has 2 amide bonds. The summed E-state index contributed by atoms with van der Waals surface area (Å²) in [7, 11) is 0. The molecule has 9 heteroatoms. The monoisotopic (exact) mass is 581 g/mol. The normalized spacial score (nSPS) is 12.5. The Balaban J connectivity index is 1.82. The van der Waals surface area contributed by atoms with Crippen LogP contribution in [0, 0.1) is 25.5 Å². The Hall–Kier alpha value is -3.82. The van der Waals surface area contributed by atoms with E-state index in [0.717, 1.165) is 42.2 Å². The molecule has 0 saturated heterocycles. The van der Waals surface area contributed by atoms with Gasteiger partial charge < -0.3 is 25.7 Å². The molecule has 0 aliphatic heterocycles. The number of aliphatic hydroxyl groups is 1. The molecule has 0 bridgehead atoms. The summed E-state index contributed by atoms with van der Waals surface area (Å²) in [6, 6.07) is 12.3. The molecule has 0 fully saturated rings. The van der Waals surface area contributed by atoms with Gasteiger partial charge in [-0.15, -0.1) is 0 Å². The highest BCUT2D eigenvalue weighted by molar-refractivity contribution is 6.00. The number of nitrogens with zero attached hydrogens (tertiary/aromatic N) is 1. The molecule has 4 N–H and O–H groups in total. The second-order valence-electron chi connectivity index (χ2n) is 10.8. The van der Waals surface area contributed by atoms with Crippen molar-refractivity contribution in [2.24, 2.45) is 0 Å². The lowest BCUT2D eigenvalue weighted by Gasteiger charge is -2.25. The largest absolute Gasteiger partial charge is 0.508 e. The molecule has 3 rings (SSSR count). The summed E-state index contributed by atoms with van der Waals surface area (Å²) in [6.45, 7) is 9.19. The molecule has 0 saturated carbocycles. The van der Waals surface area contributed by atoms with Crippen molar-refractivity contribution < 1.29 is 28.6 Å². The fourth-order valence-electron chi connectivity index (χ4n) is 4.95. The number of aromatic hydroxyl groups is 1. The number of rotatable bonds is 14. The Kier molecular flexibility index (Phi) is 12.0. The summed E-state index contributed by atoms with van der Waals surface area (Å²) >= 11 is 0. The fourth-order valence-corrected chi connectivity index (χ4v) is 4.95. The van der Waals surface area contributed by atoms with Gasteiger partial charge in [-0.2, -0.15) is 0 Å². The van der Waals surface area contributed by atoms with Crippen molar-refractivity contribution in [3.63, 3.8) is 0 Å².